The first-order valence-corrected chi connectivity index (χ1v) is 5.88. The normalized spacial score (nSPS) is 11.0. The Labute approximate surface area is 105 Å². The molecule has 0 aliphatic carbocycles. The van der Waals surface area contributed by atoms with Gasteiger partial charge in [-0.15, -0.1) is 0 Å². The number of rotatable bonds is 1. The summed E-state index contributed by atoms with van der Waals surface area (Å²) in [6.07, 6.45) is 0. The Morgan fingerprint density at radius 1 is 1.11 bits per heavy atom. The first kappa shape index (κ1) is 10.8. The van der Waals surface area contributed by atoms with E-state index < -0.39 is 0 Å². The molecule has 0 saturated heterocycles. The van der Waals surface area contributed by atoms with Gasteiger partial charge in [0.25, 0.3) is 0 Å². The fourth-order valence-electron chi connectivity index (χ4n) is 2.01. The topological polar surface area (TPSA) is 52.0 Å². The zero-order valence-corrected chi connectivity index (χ0v) is 10.4. The van der Waals surface area contributed by atoms with Crippen LogP contribution in [0.4, 0.5) is 5.69 Å². The summed E-state index contributed by atoms with van der Waals surface area (Å²) in [4.78, 5) is 4.48. The molecule has 1 aromatic heterocycles. The van der Waals surface area contributed by atoms with E-state index in [0.29, 0.717) is 5.89 Å². The molecule has 3 heteroatoms. The molecule has 0 fully saturated rings. The molecule has 0 aliphatic heterocycles. The predicted octanol–water partition coefficient (Wildman–Crippen LogP) is 3.69. The Hall–Kier alpha value is -2.29. The highest BCUT2D eigenvalue weighted by molar-refractivity contribution is 5.80. The summed E-state index contributed by atoms with van der Waals surface area (Å²) in [6, 6.07) is 11.8. The van der Waals surface area contributed by atoms with Crippen LogP contribution in [0.15, 0.2) is 40.8 Å². The molecule has 3 aromatic rings. The fourth-order valence-corrected chi connectivity index (χ4v) is 2.01. The summed E-state index contributed by atoms with van der Waals surface area (Å²) in [5.41, 5.74) is 11.5. The highest BCUT2D eigenvalue weighted by Crippen LogP contribution is 2.30. The summed E-state index contributed by atoms with van der Waals surface area (Å²) in [5, 5.41) is 0. The number of oxazole rings is 1. The van der Waals surface area contributed by atoms with Crippen LogP contribution in [-0.2, 0) is 0 Å². The van der Waals surface area contributed by atoms with Gasteiger partial charge in [0.2, 0.25) is 5.89 Å². The van der Waals surface area contributed by atoms with Crippen LogP contribution in [0.25, 0.3) is 22.6 Å². The Morgan fingerprint density at radius 2 is 1.94 bits per heavy atom. The van der Waals surface area contributed by atoms with Gasteiger partial charge in [0, 0.05) is 5.69 Å². The van der Waals surface area contributed by atoms with Crippen molar-refractivity contribution in [1.82, 2.24) is 4.98 Å². The SMILES string of the molecule is Cc1ccc2nc(-c3cccc(C)c3N)oc2c1. The van der Waals surface area contributed by atoms with E-state index >= 15 is 0 Å². The highest BCUT2D eigenvalue weighted by atomic mass is 16.3. The highest BCUT2D eigenvalue weighted by Gasteiger charge is 2.11. The van der Waals surface area contributed by atoms with E-state index in [4.69, 9.17) is 10.2 Å². The third-order valence-corrected chi connectivity index (χ3v) is 3.10. The average Bonchev–Trinajstić information content (AvgIpc) is 2.75. The summed E-state index contributed by atoms with van der Waals surface area (Å²) >= 11 is 0. The second-order valence-electron chi connectivity index (χ2n) is 4.53. The molecular weight excluding hydrogens is 224 g/mol. The van der Waals surface area contributed by atoms with E-state index in [-0.39, 0.29) is 0 Å². The zero-order valence-electron chi connectivity index (χ0n) is 10.4. The van der Waals surface area contributed by atoms with Crippen molar-refractivity contribution in [3.05, 3.63) is 47.5 Å². The Kier molecular flexibility index (Phi) is 2.33. The summed E-state index contributed by atoms with van der Waals surface area (Å²) in [7, 11) is 0. The third kappa shape index (κ3) is 1.64. The van der Waals surface area contributed by atoms with Crippen molar-refractivity contribution in [1.29, 1.82) is 0 Å². The van der Waals surface area contributed by atoms with Gasteiger partial charge in [-0.2, -0.15) is 0 Å². The summed E-state index contributed by atoms with van der Waals surface area (Å²) in [5.74, 6) is 0.580. The lowest BCUT2D eigenvalue weighted by Gasteiger charge is -2.03. The van der Waals surface area contributed by atoms with Gasteiger partial charge in [-0.3, -0.25) is 0 Å². The van der Waals surface area contributed by atoms with Crippen LogP contribution < -0.4 is 5.73 Å². The smallest absolute Gasteiger partial charge is 0.229 e. The van der Waals surface area contributed by atoms with Crippen molar-refractivity contribution in [2.24, 2.45) is 0 Å². The second kappa shape index (κ2) is 3.88. The van der Waals surface area contributed by atoms with Crippen LogP contribution in [0.2, 0.25) is 0 Å². The van der Waals surface area contributed by atoms with Crippen LogP contribution in [-0.4, -0.2) is 4.98 Å². The van der Waals surface area contributed by atoms with E-state index in [1.165, 1.54) is 0 Å². The van der Waals surface area contributed by atoms with Gasteiger partial charge in [0.1, 0.15) is 5.52 Å². The van der Waals surface area contributed by atoms with Crippen molar-refractivity contribution in [2.45, 2.75) is 13.8 Å². The summed E-state index contributed by atoms with van der Waals surface area (Å²) in [6.45, 7) is 4.01. The lowest BCUT2D eigenvalue weighted by molar-refractivity contribution is 0.620. The van der Waals surface area contributed by atoms with E-state index in [9.17, 15) is 0 Å². The van der Waals surface area contributed by atoms with Gasteiger partial charge in [-0.05, 0) is 43.2 Å². The molecular formula is C15H14N2O. The number of benzene rings is 2. The lowest BCUT2D eigenvalue weighted by atomic mass is 10.1. The van der Waals surface area contributed by atoms with Gasteiger partial charge >= 0.3 is 0 Å². The molecule has 2 N–H and O–H groups in total. The minimum atomic E-state index is 0.580. The maximum atomic E-state index is 6.07. The summed E-state index contributed by atoms with van der Waals surface area (Å²) < 4.78 is 5.78. The van der Waals surface area contributed by atoms with Gasteiger partial charge in [0.15, 0.2) is 5.58 Å². The van der Waals surface area contributed by atoms with Crippen LogP contribution in [0.5, 0.6) is 0 Å². The zero-order chi connectivity index (χ0) is 12.7. The molecule has 0 atom stereocenters. The molecule has 0 aliphatic rings. The number of aromatic nitrogens is 1. The van der Waals surface area contributed by atoms with Crippen molar-refractivity contribution < 1.29 is 4.42 Å². The molecule has 0 saturated carbocycles. The van der Waals surface area contributed by atoms with Crippen molar-refractivity contribution in [2.75, 3.05) is 5.73 Å². The molecule has 0 unspecified atom stereocenters. The monoisotopic (exact) mass is 238 g/mol. The molecule has 18 heavy (non-hydrogen) atoms. The maximum Gasteiger partial charge on any atom is 0.229 e. The number of para-hydroxylation sites is 1. The second-order valence-corrected chi connectivity index (χ2v) is 4.53. The largest absolute Gasteiger partial charge is 0.436 e. The lowest BCUT2D eigenvalue weighted by Crippen LogP contribution is -1.93. The third-order valence-electron chi connectivity index (χ3n) is 3.10. The number of nitrogen functional groups attached to an aromatic ring is 1. The first-order valence-electron chi connectivity index (χ1n) is 5.88. The fraction of sp³-hybridized carbons (Fsp3) is 0.133. The molecule has 2 aromatic carbocycles. The van der Waals surface area contributed by atoms with Gasteiger partial charge in [-0.1, -0.05) is 18.2 Å². The van der Waals surface area contributed by atoms with Crippen molar-refractivity contribution in [3.63, 3.8) is 0 Å². The van der Waals surface area contributed by atoms with Gasteiger partial charge in [0.05, 0.1) is 5.56 Å². The van der Waals surface area contributed by atoms with Crippen molar-refractivity contribution in [3.8, 4) is 11.5 Å². The van der Waals surface area contributed by atoms with E-state index in [0.717, 1.165) is 33.5 Å². The van der Waals surface area contributed by atoms with E-state index in [1.807, 2.05) is 50.2 Å². The van der Waals surface area contributed by atoms with Crippen LogP contribution in [0, 0.1) is 13.8 Å². The number of fused-ring (bicyclic) bond motifs is 1. The minimum absolute atomic E-state index is 0.580. The van der Waals surface area contributed by atoms with Crippen LogP contribution in [0.1, 0.15) is 11.1 Å². The quantitative estimate of drug-likeness (QED) is 0.658. The Bertz CT molecular complexity index is 728. The van der Waals surface area contributed by atoms with Gasteiger partial charge < -0.3 is 10.2 Å². The maximum absolute atomic E-state index is 6.07. The minimum Gasteiger partial charge on any atom is -0.436 e. The van der Waals surface area contributed by atoms with E-state index in [2.05, 4.69) is 4.98 Å². The molecule has 0 spiro atoms. The number of nitrogens with two attached hydrogens (primary N) is 1. The molecule has 90 valence electrons. The number of nitrogens with zero attached hydrogens (tertiary/aromatic N) is 1. The molecule has 0 radical (unpaired) electrons. The molecule has 0 bridgehead atoms. The molecule has 1 heterocycles. The number of hydrogen-bond donors (Lipinski definition) is 1. The van der Waals surface area contributed by atoms with Gasteiger partial charge in [-0.25, -0.2) is 4.98 Å². The number of hydrogen-bond acceptors (Lipinski definition) is 3. The van der Waals surface area contributed by atoms with Crippen LogP contribution in [0.3, 0.4) is 0 Å². The molecule has 3 rings (SSSR count). The van der Waals surface area contributed by atoms with Crippen LogP contribution >= 0.6 is 0 Å². The standard InChI is InChI=1S/C15H14N2O/c1-9-6-7-12-13(8-9)18-15(17-12)11-5-3-4-10(2)14(11)16/h3-8H,16H2,1-2H3. The van der Waals surface area contributed by atoms with E-state index in [1.54, 1.807) is 0 Å². The Balaban J connectivity index is 2.22. The number of anilines is 1. The van der Waals surface area contributed by atoms with Crippen molar-refractivity contribution >= 4 is 16.8 Å². The first-order chi connectivity index (χ1) is 8.65. The number of aryl methyl sites for hydroxylation is 2. The average molecular weight is 238 g/mol. The molecule has 0 amide bonds. The Morgan fingerprint density at radius 3 is 2.78 bits per heavy atom. The molecule has 3 nitrogen and oxygen atoms in total. The predicted molar refractivity (Wildman–Crippen MR) is 73.3 cm³/mol.